The van der Waals surface area contributed by atoms with Crippen molar-refractivity contribution < 1.29 is 13.3 Å². The summed E-state index contributed by atoms with van der Waals surface area (Å²) in [5, 5.41) is 3.74. The van der Waals surface area contributed by atoms with Gasteiger partial charge in [0.25, 0.3) is 5.89 Å². The number of hydrogen-bond acceptors (Lipinski definition) is 4. The molecule has 3 rings (SSSR count). The number of nitrogen functional groups attached to an aromatic ring is 1. The molecule has 0 radical (unpaired) electrons. The molecule has 0 saturated carbocycles. The first kappa shape index (κ1) is 13.2. The van der Waals surface area contributed by atoms with E-state index in [1.165, 1.54) is 0 Å². The second kappa shape index (κ2) is 4.97. The van der Waals surface area contributed by atoms with E-state index in [0.29, 0.717) is 11.3 Å². The molecule has 1 aromatic heterocycles. The number of nitrogens with two attached hydrogens (primary N) is 1. The van der Waals surface area contributed by atoms with Gasteiger partial charge in [-0.25, -0.2) is 8.78 Å². The second-order valence-corrected chi connectivity index (χ2v) is 4.65. The third-order valence-electron chi connectivity index (χ3n) is 3.07. The molecule has 0 atom stereocenters. The predicted molar refractivity (Wildman–Crippen MR) is 74.2 cm³/mol. The van der Waals surface area contributed by atoms with Crippen LogP contribution in [0.25, 0.3) is 22.8 Å². The molecule has 2 aromatic carbocycles. The molecule has 6 heteroatoms. The Labute approximate surface area is 119 Å². The maximum atomic E-state index is 13.2. The fourth-order valence-electron chi connectivity index (χ4n) is 1.91. The Balaban J connectivity index is 2.01. The molecule has 0 amide bonds. The first-order chi connectivity index (χ1) is 10.0. The number of anilines is 1. The summed E-state index contributed by atoms with van der Waals surface area (Å²) in [6.45, 7) is 1.88. The van der Waals surface area contributed by atoms with Gasteiger partial charge in [0.2, 0.25) is 5.82 Å². The van der Waals surface area contributed by atoms with Crippen molar-refractivity contribution in [3.8, 4) is 22.8 Å². The largest absolute Gasteiger partial charge is 0.398 e. The van der Waals surface area contributed by atoms with Gasteiger partial charge in [-0.05, 0) is 36.8 Å². The molecule has 0 aliphatic rings. The van der Waals surface area contributed by atoms with Crippen LogP contribution in [0.15, 0.2) is 40.9 Å². The highest BCUT2D eigenvalue weighted by atomic mass is 19.1. The molecular weight excluding hydrogens is 276 g/mol. The van der Waals surface area contributed by atoms with Gasteiger partial charge in [-0.15, -0.1) is 0 Å². The van der Waals surface area contributed by atoms with Crippen LogP contribution in [0.2, 0.25) is 0 Å². The number of aromatic nitrogens is 2. The monoisotopic (exact) mass is 287 g/mol. The van der Waals surface area contributed by atoms with E-state index in [0.717, 1.165) is 23.8 Å². The molecule has 0 saturated heterocycles. The summed E-state index contributed by atoms with van der Waals surface area (Å²) < 4.78 is 31.5. The Morgan fingerprint density at radius 2 is 1.71 bits per heavy atom. The van der Waals surface area contributed by atoms with Crippen molar-refractivity contribution in [2.45, 2.75) is 6.92 Å². The van der Waals surface area contributed by atoms with Gasteiger partial charge >= 0.3 is 0 Å². The maximum absolute atomic E-state index is 13.2. The normalized spacial score (nSPS) is 10.8. The number of nitrogens with zero attached hydrogens (tertiary/aromatic N) is 2. The number of benzene rings is 2. The molecule has 0 aliphatic heterocycles. The average Bonchev–Trinajstić information content (AvgIpc) is 2.90. The SMILES string of the molecule is Cc1ccc(-c2nc(-c3cc(F)cc(F)c3)no2)cc1N. The number of halogens is 2. The van der Waals surface area contributed by atoms with E-state index >= 15 is 0 Å². The van der Waals surface area contributed by atoms with Gasteiger partial charge < -0.3 is 10.3 Å². The first-order valence-corrected chi connectivity index (χ1v) is 6.19. The molecule has 4 nitrogen and oxygen atoms in total. The standard InChI is InChI=1S/C15H11F2N3O/c1-8-2-3-9(6-13(8)18)15-19-14(20-21-15)10-4-11(16)7-12(17)5-10/h2-7H,18H2,1H3. The minimum Gasteiger partial charge on any atom is -0.398 e. The predicted octanol–water partition coefficient (Wildman–Crippen LogP) is 3.57. The van der Waals surface area contributed by atoms with Crippen molar-refractivity contribution in [1.82, 2.24) is 10.1 Å². The van der Waals surface area contributed by atoms with Gasteiger partial charge in [0.1, 0.15) is 11.6 Å². The van der Waals surface area contributed by atoms with Crippen molar-refractivity contribution in [3.05, 3.63) is 53.6 Å². The molecule has 106 valence electrons. The Morgan fingerprint density at radius 1 is 1.00 bits per heavy atom. The molecule has 0 aliphatic carbocycles. The van der Waals surface area contributed by atoms with E-state index in [9.17, 15) is 8.78 Å². The van der Waals surface area contributed by atoms with Crippen LogP contribution in [-0.4, -0.2) is 10.1 Å². The quantitative estimate of drug-likeness (QED) is 0.732. The zero-order chi connectivity index (χ0) is 15.0. The Morgan fingerprint density at radius 3 is 2.38 bits per heavy atom. The van der Waals surface area contributed by atoms with Crippen molar-refractivity contribution in [1.29, 1.82) is 0 Å². The van der Waals surface area contributed by atoms with E-state index in [-0.39, 0.29) is 17.3 Å². The molecule has 2 N–H and O–H groups in total. The number of aryl methyl sites for hydroxylation is 1. The van der Waals surface area contributed by atoms with Crippen LogP contribution in [0.1, 0.15) is 5.56 Å². The first-order valence-electron chi connectivity index (χ1n) is 6.19. The summed E-state index contributed by atoms with van der Waals surface area (Å²) in [7, 11) is 0. The molecule has 0 unspecified atom stereocenters. The highest BCUT2D eigenvalue weighted by molar-refractivity contribution is 5.64. The van der Waals surface area contributed by atoms with E-state index in [4.69, 9.17) is 10.3 Å². The minimum atomic E-state index is -0.698. The van der Waals surface area contributed by atoms with E-state index < -0.39 is 11.6 Å². The lowest BCUT2D eigenvalue weighted by Crippen LogP contribution is -1.90. The third kappa shape index (κ3) is 2.60. The van der Waals surface area contributed by atoms with Crippen LogP contribution in [-0.2, 0) is 0 Å². The summed E-state index contributed by atoms with van der Waals surface area (Å²) >= 11 is 0. The Kier molecular flexibility index (Phi) is 3.13. The lowest BCUT2D eigenvalue weighted by Gasteiger charge is -2.00. The van der Waals surface area contributed by atoms with Crippen LogP contribution in [0.3, 0.4) is 0 Å². The molecule has 21 heavy (non-hydrogen) atoms. The fourth-order valence-corrected chi connectivity index (χ4v) is 1.91. The zero-order valence-corrected chi connectivity index (χ0v) is 11.1. The molecule has 3 aromatic rings. The van der Waals surface area contributed by atoms with Gasteiger partial charge in [-0.1, -0.05) is 11.2 Å². The molecule has 1 heterocycles. The Bertz CT molecular complexity index is 794. The van der Waals surface area contributed by atoms with Crippen molar-refractivity contribution >= 4 is 5.69 Å². The summed E-state index contributed by atoms with van der Waals surface area (Å²) in [5.41, 5.74) is 8.22. The highest BCUT2D eigenvalue weighted by Gasteiger charge is 2.13. The van der Waals surface area contributed by atoms with E-state index in [1.54, 1.807) is 12.1 Å². The summed E-state index contributed by atoms with van der Waals surface area (Å²) in [6.07, 6.45) is 0. The van der Waals surface area contributed by atoms with Crippen molar-refractivity contribution in [2.75, 3.05) is 5.73 Å². The molecule has 0 bridgehead atoms. The van der Waals surface area contributed by atoms with Crippen LogP contribution in [0.5, 0.6) is 0 Å². The highest BCUT2D eigenvalue weighted by Crippen LogP contribution is 2.25. The van der Waals surface area contributed by atoms with Crippen LogP contribution < -0.4 is 5.73 Å². The van der Waals surface area contributed by atoms with E-state index in [2.05, 4.69) is 10.1 Å². The van der Waals surface area contributed by atoms with Crippen LogP contribution in [0, 0.1) is 18.6 Å². The van der Waals surface area contributed by atoms with Gasteiger partial charge in [0.05, 0.1) is 0 Å². The van der Waals surface area contributed by atoms with E-state index in [1.807, 2.05) is 13.0 Å². The van der Waals surface area contributed by atoms with Gasteiger partial charge in [0, 0.05) is 22.9 Å². The third-order valence-corrected chi connectivity index (χ3v) is 3.07. The second-order valence-electron chi connectivity index (χ2n) is 4.65. The van der Waals surface area contributed by atoms with Crippen LogP contribution >= 0.6 is 0 Å². The minimum absolute atomic E-state index is 0.113. The van der Waals surface area contributed by atoms with Crippen molar-refractivity contribution in [2.24, 2.45) is 0 Å². The molecular formula is C15H11F2N3O. The zero-order valence-electron chi connectivity index (χ0n) is 11.1. The topological polar surface area (TPSA) is 64.9 Å². The van der Waals surface area contributed by atoms with Gasteiger partial charge in [-0.2, -0.15) is 4.98 Å². The lowest BCUT2D eigenvalue weighted by atomic mass is 10.1. The summed E-state index contributed by atoms with van der Waals surface area (Å²) in [5.74, 6) is -1.05. The number of hydrogen-bond donors (Lipinski definition) is 1. The average molecular weight is 287 g/mol. The van der Waals surface area contributed by atoms with Gasteiger partial charge in [0.15, 0.2) is 0 Å². The summed E-state index contributed by atoms with van der Waals surface area (Å²) in [6, 6.07) is 8.39. The van der Waals surface area contributed by atoms with Crippen molar-refractivity contribution in [3.63, 3.8) is 0 Å². The van der Waals surface area contributed by atoms with Crippen LogP contribution in [0.4, 0.5) is 14.5 Å². The fraction of sp³-hybridized carbons (Fsp3) is 0.0667. The Hall–Kier alpha value is -2.76. The lowest BCUT2D eigenvalue weighted by molar-refractivity contribution is 0.432. The molecule has 0 fully saturated rings. The maximum Gasteiger partial charge on any atom is 0.258 e. The van der Waals surface area contributed by atoms with Gasteiger partial charge in [-0.3, -0.25) is 0 Å². The summed E-state index contributed by atoms with van der Waals surface area (Å²) in [4.78, 5) is 4.14. The smallest absolute Gasteiger partial charge is 0.258 e. The molecule has 0 spiro atoms. The number of rotatable bonds is 2.